The zero-order chi connectivity index (χ0) is 13.2. The first-order chi connectivity index (χ1) is 9.33. The molecule has 0 N–H and O–H groups in total. The Morgan fingerprint density at radius 1 is 1.26 bits per heavy atom. The Morgan fingerprint density at radius 2 is 2.00 bits per heavy atom. The first kappa shape index (κ1) is 12.7. The van der Waals surface area contributed by atoms with Crippen LogP contribution in [0.3, 0.4) is 0 Å². The topological polar surface area (TPSA) is 16.1 Å². The highest BCUT2D eigenvalue weighted by Gasteiger charge is 2.25. The Hall–Kier alpha value is -1.28. The standard InChI is InChI=1S/C16H19ClN2/c1-2-19(11-12-7-8-12)16-15-6-4-3-5-14(15)13(9-17)10-18-16/h3-6,10,12H,2,7-9,11H2,1H3. The number of rotatable bonds is 5. The van der Waals surface area contributed by atoms with Crippen LogP contribution in [0.5, 0.6) is 0 Å². The molecule has 3 heteroatoms. The average Bonchev–Trinajstić information content (AvgIpc) is 3.28. The van der Waals surface area contributed by atoms with Crippen molar-refractivity contribution in [3.8, 4) is 0 Å². The second-order valence-electron chi connectivity index (χ2n) is 5.27. The highest BCUT2D eigenvalue weighted by Crippen LogP contribution is 2.33. The lowest BCUT2D eigenvalue weighted by Gasteiger charge is -2.24. The number of halogens is 1. The third-order valence-corrected chi connectivity index (χ3v) is 4.15. The maximum Gasteiger partial charge on any atom is 0.136 e. The normalized spacial score (nSPS) is 14.8. The highest BCUT2D eigenvalue weighted by atomic mass is 35.5. The Bertz CT molecular complexity index is 578. The van der Waals surface area contributed by atoms with E-state index < -0.39 is 0 Å². The van der Waals surface area contributed by atoms with E-state index >= 15 is 0 Å². The van der Waals surface area contributed by atoms with Gasteiger partial charge in [-0.15, -0.1) is 11.6 Å². The van der Waals surface area contributed by atoms with Crippen LogP contribution in [0.4, 0.5) is 5.82 Å². The fourth-order valence-electron chi connectivity index (χ4n) is 2.57. The van der Waals surface area contributed by atoms with Crippen LogP contribution in [0, 0.1) is 5.92 Å². The Morgan fingerprint density at radius 3 is 2.63 bits per heavy atom. The van der Waals surface area contributed by atoms with Gasteiger partial charge in [0.1, 0.15) is 5.82 Å². The molecule has 0 bridgehead atoms. The average molecular weight is 275 g/mol. The van der Waals surface area contributed by atoms with Gasteiger partial charge < -0.3 is 4.90 Å². The van der Waals surface area contributed by atoms with E-state index in [1.165, 1.54) is 23.6 Å². The van der Waals surface area contributed by atoms with Gasteiger partial charge in [-0.25, -0.2) is 4.98 Å². The van der Waals surface area contributed by atoms with Gasteiger partial charge in [0.15, 0.2) is 0 Å². The molecule has 100 valence electrons. The number of fused-ring (bicyclic) bond motifs is 1. The summed E-state index contributed by atoms with van der Waals surface area (Å²) in [7, 11) is 0. The van der Waals surface area contributed by atoms with Crippen molar-refractivity contribution in [1.82, 2.24) is 4.98 Å². The molecule has 0 unspecified atom stereocenters. The monoisotopic (exact) mass is 274 g/mol. The number of hydrogen-bond acceptors (Lipinski definition) is 2. The van der Waals surface area contributed by atoms with E-state index in [1.54, 1.807) is 0 Å². The third kappa shape index (κ3) is 2.55. The predicted molar refractivity (Wildman–Crippen MR) is 81.9 cm³/mol. The summed E-state index contributed by atoms with van der Waals surface area (Å²) in [6.07, 6.45) is 4.67. The molecule has 0 amide bonds. The molecule has 1 aromatic carbocycles. The minimum absolute atomic E-state index is 0.516. The minimum atomic E-state index is 0.516. The number of benzene rings is 1. The fourth-order valence-corrected chi connectivity index (χ4v) is 2.79. The maximum atomic E-state index is 6.01. The van der Waals surface area contributed by atoms with Gasteiger partial charge in [0.25, 0.3) is 0 Å². The van der Waals surface area contributed by atoms with Crippen molar-refractivity contribution in [2.45, 2.75) is 25.6 Å². The molecule has 1 aromatic heterocycles. The van der Waals surface area contributed by atoms with Crippen molar-refractivity contribution in [3.63, 3.8) is 0 Å². The van der Waals surface area contributed by atoms with Crippen LogP contribution in [0.25, 0.3) is 10.8 Å². The third-order valence-electron chi connectivity index (χ3n) is 3.86. The summed E-state index contributed by atoms with van der Waals surface area (Å²) in [4.78, 5) is 7.07. The lowest BCUT2D eigenvalue weighted by atomic mass is 10.1. The summed E-state index contributed by atoms with van der Waals surface area (Å²) in [6.45, 7) is 4.34. The zero-order valence-corrected chi connectivity index (χ0v) is 12.0. The largest absolute Gasteiger partial charge is 0.356 e. The summed E-state index contributed by atoms with van der Waals surface area (Å²) in [5.74, 6) is 2.50. The van der Waals surface area contributed by atoms with Gasteiger partial charge in [0.05, 0.1) is 0 Å². The van der Waals surface area contributed by atoms with Crippen molar-refractivity contribution in [3.05, 3.63) is 36.0 Å². The summed E-state index contributed by atoms with van der Waals surface area (Å²) in [6, 6.07) is 8.45. The van der Waals surface area contributed by atoms with Gasteiger partial charge in [0.2, 0.25) is 0 Å². The van der Waals surface area contributed by atoms with Crippen LogP contribution in [0.2, 0.25) is 0 Å². The molecule has 2 aromatic rings. The Balaban J connectivity index is 2.06. The zero-order valence-electron chi connectivity index (χ0n) is 11.3. The lowest BCUT2D eigenvalue weighted by molar-refractivity contribution is 0.735. The van der Waals surface area contributed by atoms with E-state index in [2.05, 4.69) is 41.1 Å². The molecule has 1 fully saturated rings. The molecule has 19 heavy (non-hydrogen) atoms. The molecule has 0 aliphatic heterocycles. The Kier molecular flexibility index (Phi) is 3.61. The fraction of sp³-hybridized carbons (Fsp3) is 0.438. The van der Waals surface area contributed by atoms with Gasteiger partial charge >= 0.3 is 0 Å². The van der Waals surface area contributed by atoms with Crippen LogP contribution in [-0.4, -0.2) is 18.1 Å². The highest BCUT2D eigenvalue weighted by molar-refractivity contribution is 6.18. The molecule has 1 heterocycles. The predicted octanol–water partition coefficient (Wildman–Crippen LogP) is 4.21. The molecule has 2 nitrogen and oxygen atoms in total. The van der Waals surface area contributed by atoms with Crippen molar-refractivity contribution in [1.29, 1.82) is 0 Å². The summed E-state index contributed by atoms with van der Waals surface area (Å²) in [5.41, 5.74) is 1.11. The first-order valence-corrected chi connectivity index (χ1v) is 7.54. The summed E-state index contributed by atoms with van der Waals surface area (Å²) in [5, 5.41) is 2.46. The minimum Gasteiger partial charge on any atom is -0.356 e. The van der Waals surface area contributed by atoms with Gasteiger partial charge in [-0.2, -0.15) is 0 Å². The second-order valence-corrected chi connectivity index (χ2v) is 5.54. The van der Waals surface area contributed by atoms with E-state index in [0.717, 1.165) is 30.4 Å². The van der Waals surface area contributed by atoms with E-state index in [-0.39, 0.29) is 0 Å². The van der Waals surface area contributed by atoms with Gasteiger partial charge in [0, 0.05) is 30.6 Å². The number of hydrogen-bond donors (Lipinski definition) is 0. The van der Waals surface area contributed by atoms with Crippen molar-refractivity contribution in [2.24, 2.45) is 5.92 Å². The van der Waals surface area contributed by atoms with Gasteiger partial charge in [-0.1, -0.05) is 24.3 Å². The van der Waals surface area contributed by atoms with E-state index in [0.29, 0.717) is 5.88 Å². The first-order valence-electron chi connectivity index (χ1n) is 7.01. The van der Waals surface area contributed by atoms with Crippen molar-refractivity contribution >= 4 is 28.2 Å². The number of nitrogens with zero attached hydrogens (tertiary/aromatic N) is 2. The molecule has 1 aliphatic rings. The SMILES string of the molecule is CCN(CC1CC1)c1ncc(CCl)c2ccccc12. The van der Waals surface area contributed by atoms with Crippen LogP contribution in [0.15, 0.2) is 30.5 Å². The Labute approximate surface area is 119 Å². The van der Waals surface area contributed by atoms with Crippen LogP contribution < -0.4 is 4.90 Å². The lowest BCUT2D eigenvalue weighted by Crippen LogP contribution is -2.26. The number of aromatic nitrogens is 1. The molecule has 0 saturated heterocycles. The van der Waals surface area contributed by atoms with E-state index in [9.17, 15) is 0 Å². The molecule has 3 rings (SSSR count). The number of alkyl halides is 1. The van der Waals surface area contributed by atoms with Crippen molar-refractivity contribution in [2.75, 3.05) is 18.0 Å². The molecule has 1 aliphatic carbocycles. The molecule has 0 atom stereocenters. The van der Waals surface area contributed by atoms with Gasteiger partial charge in [-0.05, 0) is 36.6 Å². The number of pyridine rings is 1. The molecule has 0 radical (unpaired) electrons. The van der Waals surface area contributed by atoms with Crippen LogP contribution in [-0.2, 0) is 5.88 Å². The second kappa shape index (κ2) is 5.38. The molecule has 0 spiro atoms. The van der Waals surface area contributed by atoms with Crippen molar-refractivity contribution < 1.29 is 0 Å². The molecular weight excluding hydrogens is 256 g/mol. The van der Waals surface area contributed by atoms with Crippen LogP contribution >= 0.6 is 11.6 Å². The number of anilines is 1. The molecule has 1 saturated carbocycles. The maximum absolute atomic E-state index is 6.01. The van der Waals surface area contributed by atoms with E-state index in [1.807, 2.05) is 6.20 Å². The molecular formula is C16H19ClN2. The smallest absolute Gasteiger partial charge is 0.136 e. The summed E-state index contributed by atoms with van der Waals surface area (Å²) < 4.78 is 0. The van der Waals surface area contributed by atoms with Gasteiger partial charge in [-0.3, -0.25) is 0 Å². The van der Waals surface area contributed by atoms with Crippen LogP contribution in [0.1, 0.15) is 25.3 Å². The summed E-state index contributed by atoms with van der Waals surface area (Å²) >= 11 is 6.01. The quantitative estimate of drug-likeness (QED) is 0.759. The van der Waals surface area contributed by atoms with E-state index in [4.69, 9.17) is 11.6 Å².